The number of carbonyl (C=O) groups is 2. The highest BCUT2D eigenvalue weighted by atomic mass is 16.5. The number of ether oxygens (including phenoxy) is 1. The summed E-state index contributed by atoms with van der Waals surface area (Å²) in [5, 5.41) is 21.4. The maximum absolute atomic E-state index is 12.4. The van der Waals surface area contributed by atoms with E-state index in [1.807, 2.05) is 12.1 Å². The zero-order chi connectivity index (χ0) is 21.1. The van der Waals surface area contributed by atoms with Crippen molar-refractivity contribution in [3.63, 3.8) is 0 Å². The number of aromatic carboxylic acids is 1. The molecule has 0 aliphatic heterocycles. The van der Waals surface area contributed by atoms with Crippen LogP contribution >= 0.6 is 0 Å². The van der Waals surface area contributed by atoms with Crippen molar-refractivity contribution in [2.45, 2.75) is 12.8 Å². The van der Waals surface area contributed by atoms with Gasteiger partial charge in [-0.1, -0.05) is 30.3 Å². The van der Waals surface area contributed by atoms with Crippen LogP contribution in [0.2, 0.25) is 0 Å². The molecule has 1 atom stereocenters. The minimum atomic E-state index is -1.02. The molecule has 1 heterocycles. The van der Waals surface area contributed by atoms with Crippen molar-refractivity contribution in [3.8, 4) is 0 Å². The normalized spacial score (nSPS) is 11.9. The van der Waals surface area contributed by atoms with Gasteiger partial charge in [0.2, 0.25) is 0 Å². The van der Waals surface area contributed by atoms with Gasteiger partial charge in [0.05, 0.1) is 17.5 Å². The summed E-state index contributed by atoms with van der Waals surface area (Å²) in [6.07, 6.45) is 3.94. The Hall–Kier alpha value is -3.97. The van der Waals surface area contributed by atoms with Crippen molar-refractivity contribution in [3.05, 3.63) is 102 Å². The number of hydrogen-bond acceptors (Lipinski definition) is 5. The molecule has 30 heavy (non-hydrogen) atoms. The smallest absolute Gasteiger partial charge is 0.339 e. The molecule has 0 aliphatic carbocycles. The second kappa shape index (κ2) is 8.18. The summed E-state index contributed by atoms with van der Waals surface area (Å²) < 4.78 is 6.93. The fraction of sp³-hybridized carbons (Fsp3) is 0.0870. The highest BCUT2D eigenvalue weighted by molar-refractivity contribution is 5.95. The van der Waals surface area contributed by atoms with E-state index < -0.39 is 18.0 Å². The zero-order valence-electron chi connectivity index (χ0n) is 15.8. The van der Waals surface area contributed by atoms with Gasteiger partial charge in [-0.3, -0.25) is 0 Å². The minimum absolute atomic E-state index is 0.0714. The molecule has 4 aromatic rings. The third-order valence-electron chi connectivity index (χ3n) is 4.79. The number of aromatic nitrogens is 2. The summed E-state index contributed by atoms with van der Waals surface area (Å²) in [7, 11) is 0. The highest BCUT2D eigenvalue weighted by Gasteiger charge is 2.14. The molecule has 0 radical (unpaired) electrons. The van der Waals surface area contributed by atoms with Crippen molar-refractivity contribution in [2.24, 2.45) is 0 Å². The number of esters is 1. The molecule has 0 fully saturated rings. The van der Waals surface area contributed by atoms with E-state index in [4.69, 9.17) is 9.84 Å². The van der Waals surface area contributed by atoms with Gasteiger partial charge in [-0.25, -0.2) is 14.6 Å². The number of imidazole rings is 1. The number of aliphatic hydroxyl groups is 1. The first-order valence-corrected chi connectivity index (χ1v) is 9.19. The van der Waals surface area contributed by atoms with E-state index in [1.165, 1.54) is 12.1 Å². The number of aliphatic hydroxyl groups excluding tert-OH is 1. The topological polar surface area (TPSA) is 102 Å². The number of benzene rings is 3. The van der Waals surface area contributed by atoms with Crippen LogP contribution in [0.15, 0.2) is 79.4 Å². The van der Waals surface area contributed by atoms with Crippen molar-refractivity contribution < 1.29 is 24.5 Å². The van der Waals surface area contributed by atoms with Crippen LogP contribution in [-0.2, 0) is 11.5 Å². The number of hydrogen-bond donors (Lipinski definition) is 2. The van der Waals surface area contributed by atoms with Crippen LogP contribution in [0.3, 0.4) is 0 Å². The maximum atomic E-state index is 12.4. The number of carbonyl (C=O) groups excluding carboxylic acids is 1. The molecule has 1 aromatic heterocycles. The second-order valence-corrected chi connectivity index (χ2v) is 6.79. The average Bonchev–Trinajstić information content (AvgIpc) is 3.30. The fourth-order valence-electron chi connectivity index (χ4n) is 3.14. The Morgan fingerprint density at radius 1 is 0.933 bits per heavy atom. The number of nitrogens with zero attached hydrogens (tertiary/aromatic N) is 2. The zero-order valence-corrected chi connectivity index (χ0v) is 15.8. The molecule has 3 aromatic carbocycles. The third kappa shape index (κ3) is 4.06. The van der Waals surface area contributed by atoms with Crippen molar-refractivity contribution in [1.29, 1.82) is 0 Å². The maximum Gasteiger partial charge on any atom is 0.339 e. The Kier molecular flexibility index (Phi) is 5.28. The lowest BCUT2D eigenvalue weighted by Gasteiger charge is -2.13. The summed E-state index contributed by atoms with van der Waals surface area (Å²) in [6, 6.07) is 16.8. The van der Waals surface area contributed by atoms with Gasteiger partial charge in [0.25, 0.3) is 0 Å². The van der Waals surface area contributed by atoms with Crippen LogP contribution in [0.5, 0.6) is 0 Å². The first-order valence-electron chi connectivity index (χ1n) is 9.19. The highest BCUT2D eigenvalue weighted by Crippen LogP contribution is 2.26. The van der Waals surface area contributed by atoms with Crippen LogP contribution in [0.1, 0.15) is 37.9 Å². The summed E-state index contributed by atoms with van der Waals surface area (Å²) in [6.45, 7) is 0.0714. The van der Waals surface area contributed by atoms with Crippen molar-refractivity contribution in [2.75, 3.05) is 0 Å². The van der Waals surface area contributed by atoms with Gasteiger partial charge in [-0.2, -0.15) is 0 Å². The first kappa shape index (κ1) is 19.4. The Morgan fingerprint density at radius 3 is 2.33 bits per heavy atom. The molecule has 0 saturated heterocycles. The van der Waals surface area contributed by atoms with Crippen molar-refractivity contribution in [1.82, 2.24) is 9.55 Å². The molecule has 0 aliphatic rings. The van der Waals surface area contributed by atoms with E-state index in [0.29, 0.717) is 16.7 Å². The van der Waals surface area contributed by atoms with E-state index >= 15 is 0 Å². The van der Waals surface area contributed by atoms with E-state index in [0.717, 1.165) is 10.8 Å². The Morgan fingerprint density at radius 2 is 1.63 bits per heavy atom. The van der Waals surface area contributed by atoms with Gasteiger partial charge < -0.3 is 19.5 Å². The first-order chi connectivity index (χ1) is 14.5. The summed E-state index contributed by atoms with van der Waals surface area (Å²) >= 11 is 0. The molecular weight excluding hydrogens is 384 g/mol. The quantitative estimate of drug-likeness (QED) is 0.478. The standard InChI is InChI=1S/C23H18N2O5/c26-21(16-3-5-17(6-4-16)22(27)28)18-7-1-15-2-8-19(12-20(15)11-18)23(29)30-14-25-10-9-24-13-25/h1-13,21,26H,14H2,(H,27,28). The Labute approximate surface area is 171 Å². The monoisotopic (exact) mass is 402 g/mol. The minimum Gasteiger partial charge on any atom is -0.478 e. The van der Waals surface area contributed by atoms with Gasteiger partial charge in [-0.05, 0) is 52.2 Å². The lowest BCUT2D eigenvalue weighted by atomic mass is 9.97. The van der Waals surface area contributed by atoms with Gasteiger partial charge in [0, 0.05) is 12.4 Å². The summed E-state index contributed by atoms with van der Waals surface area (Å²) in [4.78, 5) is 27.2. The number of carboxylic acids is 1. The fourth-order valence-corrected chi connectivity index (χ4v) is 3.14. The van der Waals surface area contributed by atoms with E-state index in [2.05, 4.69) is 4.98 Å². The number of rotatable bonds is 6. The Bertz CT molecular complexity index is 1200. The van der Waals surface area contributed by atoms with Gasteiger partial charge in [0.1, 0.15) is 6.10 Å². The molecule has 0 bridgehead atoms. The molecule has 0 amide bonds. The van der Waals surface area contributed by atoms with Crippen LogP contribution in [0.4, 0.5) is 0 Å². The van der Waals surface area contributed by atoms with E-state index in [1.54, 1.807) is 59.7 Å². The summed E-state index contributed by atoms with van der Waals surface area (Å²) in [5.74, 6) is -1.48. The molecule has 4 rings (SSSR count). The number of fused-ring (bicyclic) bond motifs is 1. The molecule has 150 valence electrons. The number of carboxylic acid groups (broad SMARTS) is 1. The van der Waals surface area contributed by atoms with Gasteiger partial charge in [0.15, 0.2) is 6.73 Å². The summed E-state index contributed by atoms with van der Waals surface area (Å²) in [5.41, 5.74) is 1.77. The van der Waals surface area contributed by atoms with Gasteiger partial charge in [-0.15, -0.1) is 0 Å². The van der Waals surface area contributed by atoms with Crippen LogP contribution in [0, 0.1) is 0 Å². The SMILES string of the molecule is O=C(O)c1ccc(C(O)c2ccc3ccc(C(=O)OCn4ccnc4)cc3c2)cc1. The largest absolute Gasteiger partial charge is 0.478 e. The lowest BCUT2D eigenvalue weighted by Crippen LogP contribution is -2.08. The van der Waals surface area contributed by atoms with Crippen LogP contribution in [-0.4, -0.2) is 31.7 Å². The van der Waals surface area contributed by atoms with Crippen LogP contribution in [0.25, 0.3) is 10.8 Å². The Balaban J connectivity index is 1.56. The molecule has 2 N–H and O–H groups in total. The predicted molar refractivity (Wildman–Crippen MR) is 109 cm³/mol. The molecule has 7 heteroatoms. The molecule has 1 unspecified atom stereocenters. The lowest BCUT2D eigenvalue weighted by molar-refractivity contribution is 0.0372. The van der Waals surface area contributed by atoms with Gasteiger partial charge >= 0.3 is 11.9 Å². The van der Waals surface area contributed by atoms with E-state index in [9.17, 15) is 14.7 Å². The molecule has 0 saturated carbocycles. The van der Waals surface area contributed by atoms with Crippen LogP contribution < -0.4 is 0 Å². The predicted octanol–water partition coefficient (Wildman–Crippen LogP) is 3.63. The molecule has 7 nitrogen and oxygen atoms in total. The van der Waals surface area contributed by atoms with Crippen molar-refractivity contribution >= 4 is 22.7 Å². The molecule has 0 spiro atoms. The third-order valence-corrected chi connectivity index (χ3v) is 4.79. The second-order valence-electron chi connectivity index (χ2n) is 6.79. The average molecular weight is 402 g/mol. The molecular formula is C23H18N2O5. The van der Waals surface area contributed by atoms with E-state index in [-0.39, 0.29) is 12.3 Å².